The van der Waals surface area contributed by atoms with Gasteiger partial charge in [0, 0.05) is 24.5 Å². The highest BCUT2D eigenvalue weighted by atomic mass is 32.2. The lowest BCUT2D eigenvalue weighted by Gasteiger charge is -2.21. The van der Waals surface area contributed by atoms with Crippen molar-refractivity contribution in [2.75, 3.05) is 25.5 Å². The van der Waals surface area contributed by atoms with E-state index in [1.54, 1.807) is 59.7 Å². The van der Waals surface area contributed by atoms with Crippen LogP contribution >= 0.6 is 11.3 Å². The van der Waals surface area contributed by atoms with Crippen molar-refractivity contribution in [1.82, 2.24) is 4.90 Å². The number of carbonyl (C=O) groups excluding carboxylic acids is 1. The number of rotatable bonds is 7. The van der Waals surface area contributed by atoms with Crippen LogP contribution < -0.4 is 9.04 Å². The first-order valence-corrected chi connectivity index (χ1v) is 11.2. The molecule has 29 heavy (non-hydrogen) atoms. The lowest BCUT2D eigenvalue weighted by Crippen LogP contribution is -2.28. The number of sulfonamides is 1. The summed E-state index contributed by atoms with van der Waals surface area (Å²) in [6.45, 7) is 0.501. The number of nitrogens with zero attached hydrogens (tertiary/aromatic N) is 2. The molecule has 3 rings (SSSR count). The average Bonchev–Trinajstić information content (AvgIpc) is 3.25. The SMILES string of the molecule is COc1ccc(S(=O)(=O)N(C)c2cccc(C(=O)N(C)Cc3cccs3)c2)cc1. The molecule has 1 heterocycles. The Hall–Kier alpha value is -2.84. The third-order valence-corrected chi connectivity index (χ3v) is 7.16. The Bertz CT molecular complexity index is 1080. The number of methoxy groups -OCH3 is 1. The van der Waals surface area contributed by atoms with Crippen LogP contribution in [-0.4, -0.2) is 40.4 Å². The molecule has 0 N–H and O–H groups in total. The first kappa shape index (κ1) is 20.9. The zero-order valence-corrected chi connectivity index (χ0v) is 18.0. The van der Waals surface area contributed by atoms with Crippen LogP contribution in [0.3, 0.4) is 0 Å². The minimum atomic E-state index is -3.77. The van der Waals surface area contributed by atoms with Crippen molar-refractivity contribution in [2.24, 2.45) is 0 Å². The van der Waals surface area contributed by atoms with Gasteiger partial charge in [-0.05, 0) is 53.9 Å². The molecule has 0 atom stereocenters. The normalized spacial score (nSPS) is 11.1. The molecule has 0 aliphatic heterocycles. The minimum Gasteiger partial charge on any atom is -0.497 e. The van der Waals surface area contributed by atoms with Gasteiger partial charge in [0.1, 0.15) is 5.75 Å². The zero-order chi connectivity index (χ0) is 21.0. The molecule has 152 valence electrons. The molecular formula is C21H22N2O4S2. The van der Waals surface area contributed by atoms with Gasteiger partial charge in [0.2, 0.25) is 0 Å². The van der Waals surface area contributed by atoms with Gasteiger partial charge < -0.3 is 9.64 Å². The first-order chi connectivity index (χ1) is 13.8. The van der Waals surface area contributed by atoms with Crippen molar-refractivity contribution in [3.8, 4) is 5.75 Å². The van der Waals surface area contributed by atoms with E-state index in [1.165, 1.54) is 30.6 Å². The molecule has 0 aliphatic rings. The van der Waals surface area contributed by atoms with Gasteiger partial charge in [-0.1, -0.05) is 12.1 Å². The summed E-state index contributed by atoms with van der Waals surface area (Å²) in [5, 5.41) is 1.97. The Labute approximate surface area is 175 Å². The van der Waals surface area contributed by atoms with Gasteiger partial charge in [-0.3, -0.25) is 9.10 Å². The zero-order valence-electron chi connectivity index (χ0n) is 16.4. The van der Waals surface area contributed by atoms with Crippen molar-refractivity contribution in [3.63, 3.8) is 0 Å². The van der Waals surface area contributed by atoms with E-state index in [0.29, 0.717) is 23.5 Å². The number of thiophene rings is 1. The molecule has 0 radical (unpaired) electrons. The monoisotopic (exact) mass is 430 g/mol. The summed E-state index contributed by atoms with van der Waals surface area (Å²) in [5.41, 5.74) is 0.842. The summed E-state index contributed by atoms with van der Waals surface area (Å²) in [4.78, 5) is 15.6. The fourth-order valence-electron chi connectivity index (χ4n) is 2.81. The van der Waals surface area contributed by atoms with E-state index < -0.39 is 10.0 Å². The highest BCUT2D eigenvalue weighted by Crippen LogP contribution is 2.25. The van der Waals surface area contributed by atoms with Crippen LogP contribution in [0.1, 0.15) is 15.2 Å². The lowest BCUT2D eigenvalue weighted by molar-refractivity contribution is 0.0786. The number of anilines is 1. The molecule has 1 amide bonds. The van der Waals surface area contributed by atoms with E-state index in [-0.39, 0.29) is 10.8 Å². The fraction of sp³-hybridized carbons (Fsp3) is 0.190. The number of hydrogen-bond donors (Lipinski definition) is 0. The highest BCUT2D eigenvalue weighted by Gasteiger charge is 2.22. The smallest absolute Gasteiger partial charge is 0.264 e. The number of ether oxygens (including phenoxy) is 1. The maximum absolute atomic E-state index is 12.9. The average molecular weight is 431 g/mol. The van der Waals surface area contributed by atoms with Crippen LogP contribution in [0.2, 0.25) is 0 Å². The first-order valence-electron chi connectivity index (χ1n) is 8.84. The lowest BCUT2D eigenvalue weighted by atomic mass is 10.2. The second-order valence-corrected chi connectivity index (χ2v) is 9.44. The topological polar surface area (TPSA) is 66.9 Å². The van der Waals surface area contributed by atoms with Crippen LogP contribution in [-0.2, 0) is 16.6 Å². The summed E-state index contributed by atoms with van der Waals surface area (Å²) < 4.78 is 32.2. The van der Waals surface area contributed by atoms with Crippen LogP contribution in [0.15, 0.2) is 70.9 Å². The van der Waals surface area contributed by atoms with E-state index in [1.807, 2.05) is 17.5 Å². The van der Waals surface area contributed by atoms with Crippen molar-refractivity contribution in [3.05, 3.63) is 76.5 Å². The Morgan fingerprint density at radius 2 is 1.76 bits per heavy atom. The van der Waals surface area contributed by atoms with Gasteiger partial charge in [0.15, 0.2) is 0 Å². The Morgan fingerprint density at radius 3 is 2.38 bits per heavy atom. The molecule has 0 spiro atoms. The van der Waals surface area contributed by atoms with Crippen molar-refractivity contribution in [1.29, 1.82) is 0 Å². The van der Waals surface area contributed by atoms with Crippen molar-refractivity contribution >= 4 is 33.0 Å². The molecule has 8 heteroatoms. The van der Waals surface area contributed by atoms with Gasteiger partial charge in [-0.2, -0.15) is 0 Å². The summed E-state index contributed by atoms with van der Waals surface area (Å²) in [5.74, 6) is 0.406. The second kappa shape index (κ2) is 8.67. The maximum atomic E-state index is 12.9. The Morgan fingerprint density at radius 1 is 1.03 bits per heavy atom. The fourth-order valence-corrected chi connectivity index (χ4v) is 4.75. The number of carbonyl (C=O) groups is 1. The molecule has 0 saturated heterocycles. The third-order valence-electron chi connectivity index (χ3n) is 4.49. The van der Waals surface area contributed by atoms with Crippen molar-refractivity contribution < 1.29 is 17.9 Å². The minimum absolute atomic E-state index is 0.146. The van der Waals surface area contributed by atoms with Crippen LogP contribution in [0.4, 0.5) is 5.69 Å². The largest absolute Gasteiger partial charge is 0.497 e. The molecule has 0 unspecified atom stereocenters. The van der Waals surface area contributed by atoms with Gasteiger partial charge in [-0.25, -0.2) is 8.42 Å². The standard InChI is InChI=1S/C21H22N2O4S2/c1-22(15-19-8-5-13-28-19)21(24)16-6-4-7-17(14-16)23(2)29(25,26)20-11-9-18(27-3)10-12-20/h4-14H,15H2,1-3H3. The molecule has 0 saturated carbocycles. The van der Waals surface area contributed by atoms with E-state index in [2.05, 4.69) is 0 Å². The van der Waals surface area contributed by atoms with Crippen LogP contribution in [0.5, 0.6) is 5.75 Å². The van der Waals surface area contributed by atoms with E-state index in [4.69, 9.17) is 4.74 Å². The van der Waals surface area contributed by atoms with Crippen LogP contribution in [0.25, 0.3) is 0 Å². The highest BCUT2D eigenvalue weighted by molar-refractivity contribution is 7.92. The quantitative estimate of drug-likeness (QED) is 0.571. The van der Waals surface area contributed by atoms with Gasteiger partial charge in [-0.15, -0.1) is 11.3 Å². The predicted octanol–water partition coefficient (Wildman–Crippen LogP) is 3.85. The van der Waals surface area contributed by atoms with E-state index in [0.717, 1.165) is 4.88 Å². The second-order valence-electron chi connectivity index (χ2n) is 6.44. The van der Waals surface area contributed by atoms with Gasteiger partial charge >= 0.3 is 0 Å². The summed E-state index contributed by atoms with van der Waals surface area (Å²) >= 11 is 1.59. The molecule has 1 aromatic heterocycles. The molecule has 2 aromatic carbocycles. The molecule has 0 bridgehead atoms. The molecular weight excluding hydrogens is 408 g/mol. The molecule has 3 aromatic rings. The predicted molar refractivity (Wildman–Crippen MR) is 115 cm³/mol. The van der Waals surface area contributed by atoms with Gasteiger partial charge in [0.05, 0.1) is 24.2 Å². The van der Waals surface area contributed by atoms with Crippen LogP contribution in [0, 0.1) is 0 Å². The number of benzene rings is 2. The molecule has 0 aliphatic carbocycles. The number of amides is 1. The number of hydrogen-bond acceptors (Lipinski definition) is 5. The molecule has 6 nitrogen and oxygen atoms in total. The summed E-state index contributed by atoms with van der Waals surface area (Å²) in [6, 6.07) is 16.7. The Kier molecular flexibility index (Phi) is 6.24. The van der Waals surface area contributed by atoms with Gasteiger partial charge in [0.25, 0.3) is 15.9 Å². The third kappa shape index (κ3) is 4.60. The maximum Gasteiger partial charge on any atom is 0.264 e. The molecule has 0 fully saturated rings. The van der Waals surface area contributed by atoms with E-state index >= 15 is 0 Å². The summed E-state index contributed by atoms with van der Waals surface area (Å²) in [7, 11) is 0.955. The van der Waals surface area contributed by atoms with E-state index in [9.17, 15) is 13.2 Å². The van der Waals surface area contributed by atoms with Crippen molar-refractivity contribution in [2.45, 2.75) is 11.4 Å². The Balaban J connectivity index is 1.82. The summed E-state index contributed by atoms with van der Waals surface area (Å²) in [6.07, 6.45) is 0.